The van der Waals surface area contributed by atoms with E-state index in [4.69, 9.17) is 20.4 Å². The molecular weight excluding hydrogens is 252 g/mol. The quantitative estimate of drug-likeness (QED) is 0.316. The molecule has 0 N–H and O–H groups in total. The molecule has 0 saturated heterocycles. The third-order valence-corrected chi connectivity index (χ3v) is 1.11. The van der Waals surface area contributed by atoms with Gasteiger partial charge in [0, 0.05) is 0 Å². The van der Waals surface area contributed by atoms with Crippen LogP contribution in [0.15, 0.2) is 60.7 Å². The number of rotatable bonds is 0. The third kappa shape index (κ3) is 31.4. The Morgan fingerprint density at radius 3 is 0.941 bits per heavy atom. The Morgan fingerprint density at radius 2 is 0.882 bits per heavy atom. The standard InChI is InChI=1S/2C5H5.2CNO.Ti/c2*1-2-4-5-3-1;2*2-1-3;/h2*1-5H;;;/q4*-1;+4. The van der Waals surface area contributed by atoms with Crippen LogP contribution in [-0.2, 0) is 31.3 Å². The summed E-state index contributed by atoms with van der Waals surface area (Å²) in [6.07, 6.45) is 1.00. The van der Waals surface area contributed by atoms with Gasteiger partial charge in [0.15, 0.2) is 0 Å². The van der Waals surface area contributed by atoms with Gasteiger partial charge in [0.1, 0.15) is 0 Å². The van der Waals surface area contributed by atoms with Crippen molar-refractivity contribution in [3.63, 3.8) is 0 Å². The molecule has 0 bridgehead atoms. The van der Waals surface area contributed by atoms with E-state index >= 15 is 0 Å². The summed E-state index contributed by atoms with van der Waals surface area (Å²) in [7, 11) is 0. The van der Waals surface area contributed by atoms with Crippen molar-refractivity contribution < 1.29 is 31.3 Å². The molecule has 0 aliphatic carbocycles. The van der Waals surface area contributed by atoms with Crippen LogP contribution < -0.4 is 0 Å². The van der Waals surface area contributed by atoms with Crippen molar-refractivity contribution in [2.45, 2.75) is 0 Å². The first-order valence-corrected chi connectivity index (χ1v) is 4.19. The van der Waals surface area contributed by atoms with Gasteiger partial charge in [0.2, 0.25) is 0 Å². The minimum Gasteiger partial charge on any atom is -0.724 e. The van der Waals surface area contributed by atoms with Crippen LogP contribution in [0.3, 0.4) is 0 Å². The second kappa shape index (κ2) is 23.8. The molecule has 0 heterocycles. The van der Waals surface area contributed by atoms with Crippen molar-refractivity contribution in [3.8, 4) is 0 Å². The average molecular weight is 262 g/mol. The van der Waals surface area contributed by atoms with Gasteiger partial charge >= 0.3 is 21.7 Å². The van der Waals surface area contributed by atoms with Crippen LogP contribution in [0.4, 0.5) is 0 Å². The van der Waals surface area contributed by atoms with E-state index in [1.807, 2.05) is 60.7 Å². The molecule has 2 aromatic rings. The van der Waals surface area contributed by atoms with Crippen LogP contribution in [-0.4, -0.2) is 12.2 Å². The molecule has 0 amide bonds. The van der Waals surface area contributed by atoms with Crippen LogP contribution in [0.5, 0.6) is 0 Å². The van der Waals surface area contributed by atoms with E-state index in [-0.39, 0.29) is 21.7 Å². The summed E-state index contributed by atoms with van der Waals surface area (Å²) in [6, 6.07) is 20.0. The number of hydrogen-bond donors (Lipinski definition) is 0. The van der Waals surface area contributed by atoms with Gasteiger partial charge in [0.05, 0.1) is 0 Å². The molecule has 0 atom stereocenters. The normalized spacial score (nSPS) is 5.65. The van der Waals surface area contributed by atoms with Crippen LogP contribution >= 0.6 is 0 Å². The van der Waals surface area contributed by atoms with Gasteiger partial charge in [-0.2, -0.15) is 36.4 Å². The van der Waals surface area contributed by atoms with Crippen LogP contribution in [0.1, 0.15) is 0 Å². The van der Waals surface area contributed by atoms with Crippen molar-refractivity contribution in [1.29, 1.82) is 0 Å². The molecule has 5 heteroatoms. The molecule has 17 heavy (non-hydrogen) atoms. The Kier molecular flexibility index (Phi) is 28.8. The van der Waals surface area contributed by atoms with Crippen LogP contribution in [0.2, 0.25) is 0 Å². The molecule has 84 valence electrons. The Labute approximate surface area is 115 Å². The maximum Gasteiger partial charge on any atom is 4.00 e. The number of carbonyl (C=O) groups excluding carboxylic acids is 2. The van der Waals surface area contributed by atoms with E-state index in [1.165, 1.54) is 0 Å². The topological polar surface area (TPSA) is 78.7 Å². The smallest absolute Gasteiger partial charge is 0.724 e. The third-order valence-electron chi connectivity index (χ3n) is 1.11. The molecular formula is C12H10N2O2Ti. The maximum atomic E-state index is 8.24. The number of hydrogen-bond acceptors (Lipinski definition) is 2. The van der Waals surface area contributed by atoms with Gasteiger partial charge in [-0.05, 0) is 12.2 Å². The van der Waals surface area contributed by atoms with Crippen molar-refractivity contribution in [3.05, 3.63) is 71.5 Å². The largest absolute Gasteiger partial charge is 4.00 e. The maximum absolute atomic E-state index is 8.24. The summed E-state index contributed by atoms with van der Waals surface area (Å²) in [4.78, 5) is 16.5. The minimum absolute atomic E-state index is 0. The molecule has 0 fully saturated rings. The number of nitrogens with zero attached hydrogens (tertiary/aromatic N) is 2. The first-order chi connectivity index (χ1) is 7.83. The zero-order valence-electron chi connectivity index (χ0n) is 8.98. The molecule has 0 saturated carbocycles. The zero-order chi connectivity index (χ0) is 12.5. The van der Waals surface area contributed by atoms with Crippen molar-refractivity contribution >= 4 is 12.2 Å². The predicted octanol–water partition coefficient (Wildman–Crippen LogP) is 2.59. The molecule has 0 radical (unpaired) electrons. The second-order valence-electron chi connectivity index (χ2n) is 2.11. The van der Waals surface area contributed by atoms with Gasteiger partial charge in [-0.15, -0.1) is 0 Å². The van der Waals surface area contributed by atoms with Gasteiger partial charge in [0.25, 0.3) is 0 Å². The van der Waals surface area contributed by atoms with E-state index in [0.717, 1.165) is 0 Å². The summed E-state index contributed by atoms with van der Waals surface area (Å²) in [5, 5.41) is 13.5. The van der Waals surface area contributed by atoms with E-state index in [1.54, 1.807) is 0 Å². The Balaban J connectivity index is -0.000000157. The first kappa shape index (κ1) is 20.6. The van der Waals surface area contributed by atoms with Gasteiger partial charge in [-0.1, -0.05) is 0 Å². The van der Waals surface area contributed by atoms with Crippen LogP contribution in [0.25, 0.3) is 10.8 Å². The van der Waals surface area contributed by atoms with Gasteiger partial charge in [-0.25, -0.2) is 24.3 Å². The Hall–Kier alpha value is -1.83. The fraction of sp³-hybridized carbons (Fsp3) is 0. The van der Waals surface area contributed by atoms with E-state index in [2.05, 4.69) is 0 Å². The first-order valence-electron chi connectivity index (χ1n) is 4.19. The molecule has 0 aliphatic heterocycles. The summed E-state index contributed by atoms with van der Waals surface area (Å²) >= 11 is 0. The Bertz CT molecular complexity index is 284. The summed E-state index contributed by atoms with van der Waals surface area (Å²) in [6.45, 7) is 0. The summed E-state index contributed by atoms with van der Waals surface area (Å²) in [5.41, 5.74) is 0. The SMILES string of the molecule is [N-]=C=O.[N-]=C=O.[Ti+4].c1cc[cH-]c1.c1cc[cH-]c1. The minimum atomic E-state index is 0. The summed E-state index contributed by atoms with van der Waals surface area (Å²) < 4.78 is 0. The Morgan fingerprint density at radius 1 is 0.706 bits per heavy atom. The molecule has 0 aliphatic rings. The zero-order valence-corrected chi connectivity index (χ0v) is 10.5. The molecule has 0 aromatic heterocycles. The van der Waals surface area contributed by atoms with Crippen LogP contribution in [0, 0.1) is 0 Å². The van der Waals surface area contributed by atoms with Crippen molar-refractivity contribution in [2.75, 3.05) is 0 Å². The van der Waals surface area contributed by atoms with Crippen molar-refractivity contribution in [1.82, 2.24) is 0 Å². The van der Waals surface area contributed by atoms with Gasteiger partial charge in [-0.3, -0.25) is 9.59 Å². The van der Waals surface area contributed by atoms with E-state index in [0.29, 0.717) is 12.2 Å². The molecule has 4 nitrogen and oxygen atoms in total. The second-order valence-corrected chi connectivity index (χ2v) is 2.11. The predicted molar refractivity (Wildman–Crippen MR) is 62.2 cm³/mol. The van der Waals surface area contributed by atoms with Crippen molar-refractivity contribution in [2.24, 2.45) is 0 Å². The fourth-order valence-electron chi connectivity index (χ4n) is 0.642. The average Bonchev–Trinajstić information content (AvgIpc) is 3.00. The van der Waals surface area contributed by atoms with E-state index < -0.39 is 0 Å². The van der Waals surface area contributed by atoms with E-state index in [9.17, 15) is 0 Å². The monoisotopic (exact) mass is 262 g/mol. The molecule has 0 unspecified atom stereocenters. The van der Waals surface area contributed by atoms with Gasteiger partial charge < -0.3 is 10.8 Å². The fourth-order valence-corrected chi connectivity index (χ4v) is 0.642. The molecule has 0 spiro atoms. The molecule has 2 aromatic carbocycles. The molecule has 2 rings (SSSR count). The number of isocyanates is 2. The summed E-state index contributed by atoms with van der Waals surface area (Å²) in [5.74, 6) is 0.